The lowest BCUT2D eigenvalue weighted by molar-refractivity contribution is -0.136. The summed E-state index contributed by atoms with van der Waals surface area (Å²) in [4.78, 5) is 26.0. The third-order valence-electron chi connectivity index (χ3n) is 4.15. The van der Waals surface area contributed by atoms with Crippen molar-refractivity contribution in [3.63, 3.8) is 0 Å². The van der Waals surface area contributed by atoms with Crippen LogP contribution in [0.25, 0.3) is 0 Å². The number of sulfone groups is 1. The van der Waals surface area contributed by atoms with Crippen molar-refractivity contribution in [2.45, 2.75) is 45.7 Å². The molecule has 3 unspecified atom stereocenters. The van der Waals surface area contributed by atoms with Gasteiger partial charge in [0.2, 0.25) is 11.8 Å². The fraction of sp³-hybridized carbons (Fsp3) is 0.857. The lowest BCUT2D eigenvalue weighted by Crippen LogP contribution is -2.42. The van der Waals surface area contributed by atoms with Gasteiger partial charge in [-0.25, -0.2) is 8.42 Å². The van der Waals surface area contributed by atoms with Crippen LogP contribution < -0.4 is 5.32 Å². The minimum atomic E-state index is -3.01. The minimum Gasteiger partial charge on any atom is -0.354 e. The lowest BCUT2D eigenvalue weighted by Gasteiger charge is -2.27. The van der Waals surface area contributed by atoms with Gasteiger partial charge in [0.15, 0.2) is 9.84 Å². The number of amides is 2. The van der Waals surface area contributed by atoms with Crippen LogP contribution in [0, 0.1) is 11.8 Å². The number of carbonyl (C=O) groups excluding carboxylic acids is 2. The van der Waals surface area contributed by atoms with E-state index in [0.717, 1.165) is 0 Å². The Kier molecular flexibility index (Phi) is 4.60. The first-order valence-electron chi connectivity index (χ1n) is 7.56. The summed E-state index contributed by atoms with van der Waals surface area (Å²) in [6, 6.07) is -0.155. The molecule has 120 valence electrons. The van der Waals surface area contributed by atoms with E-state index in [-0.39, 0.29) is 47.2 Å². The van der Waals surface area contributed by atoms with Crippen molar-refractivity contribution >= 4 is 21.7 Å². The molecule has 2 fully saturated rings. The zero-order chi connectivity index (χ0) is 15.8. The zero-order valence-electron chi connectivity index (χ0n) is 12.8. The Labute approximate surface area is 126 Å². The molecule has 0 aromatic heterocycles. The van der Waals surface area contributed by atoms with Gasteiger partial charge in [0.05, 0.1) is 23.3 Å². The Morgan fingerprint density at radius 3 is 2.43 bits per heavy atom. The summed E-state index contributed by atoms with van der Waals surface area (Å²) in [6.45, 7) is 6.13. The third-order valence-corrected chi connectivity index (χ3v) is 5.90. The molecule has 1 saturated carbocycles. The van der Waals surface area contributed by atoms with Gasteiger partial charge in [-0.2, -0.15) is 0 Å². The monoisotopic (exact) mass is 316 g/mol. The van der Waals surface area contributed by atoms with Crippen molar-refractivity contribution in [2.24, 2.45) is 11.8 Å². The number of nitrogens with one attached hydrogen (secondary N) is 1. The van der Waals surface area contributed by atoms with E-state index in [4.69, 9.17) is 0 Å². The van der Waals surface area contributed by atoms with Crippen LogP contribution in [0.4, 0.5) is 0 Å². The molecule has 3 atom stereocenters. The Bertz CT molecular complexity index is 529. The zero-order valence-corrected chi connectivity index (χ0v) is 13.6. The summed E-state index contributed by atoms with van der Waals surface area (Å²) >= 11 is 0. The Morgan fingerprint density at radius 2 is 1.95 bits per heavy atom. The first-order valence-corrected chi connectivity index (χ1v) is 9.38. The van der Waals surface area contributed by atoms with Gasteiger partial charge in [0.25, 0.3) is 0 Å². The standard InChI is InChI=1S/C14H24N2O4S/c1-4-16(10-5-6-21(19,20)8-10)14(18)12-7-11(12)13(17)15-9(2)3/h9-12H,4-8H2,1-3H3,(H,15,17). The van der Waals surface area contributed by atoms with Gasteiger partial charge < -0.3 is 10.2 Å². The Hall–Kier alpha value is -1.11. The molecule has 1 aliphatic heterocycles. The van der Waals surface area contributed by atoms with Gasteiger partial charge in [-0.15, -0.1) is 0 Å². The van der Waals surface area contributed by atoms with Crippen LogP contribution in [0.5, 0.6) is 0 Å². The van der Waals surface area contributed by atoms with Gasteiger partial charge in [-0.05, 0) is 33.6 Å². The predicted octanol–water partition coefficient (Wildman–Crippen LogP) is 0.183. The third kappa shape index (κ3) is 3.75. The number of rotatable bonds is 5. The summed E-state index contributed by atoms with van der Waals surface area (Å²) in [7, 11) is -3.01. The molecule has 7 heteroatoms. The molecule has 2 aliphatic rings. The van der Waals surface area contributed by atoms with E-state index >= 15 is 0 Å². The van der Waals surface area contributed by atoms with E-state index in [1.54, 1.807) is 4.90 Å². The summed E-state index contributed by atoms with van der Waals surface area (Å²) < 4.78 is 23.1. The van der Waals surface area contributed by atoms with Crippen molar-refractivity contribution < 1.29 is 18.0 Å². The molecule has 0 aromatic rings. The summed E-state index contributed by atoms with van der Waals surface area (Å²) in [5.41, 5.74) is 0. The predicted molar refractivity (Wildman–Crippen MR) is 79.3 cm³/mol. The van der Waals surface area contributed by atoms with Gasteiger partial charge in [-0.3, -0.25) is 9.59 Å². The van der Waals surface area contributed by atoms with Gasteiger partial charge in [-0.1, -0.05) is 0 Å². The quantitative estimate of drug-likeness (QED) is 0.784. The maximum Gasteiger partial charge on any atom is 0.226 e. The van der Waals surface area contributed by atoms with E-state index < -0.39 is 9.84 Å². The van der Waals surface area contributed by atoms with Crippen molar-refractivity contribution in [1.82, 2.24) is 10.2 Å². The number of hydrogen-bond acceptors (Lipinski definition) is 4. The van der Waals surface area contributed by atoms with Crippen molar-refractivity contribution in [1.29, 1.82) is 0 Å². The molecule has 0 bridgehead atoms. The largest absolute Gasteiger partial charge is 0.354 e. The van der Waals surface area contributed by atoms with Gasteiger partial charge in [0, 0.05) is 18.6 Å². The molecule has 1 saturated heterocycles. The number of hydrogen-bond donors (Lipinski definition) is 1. The Morgan fingerprint density at radius 1 is 1.29 bits per heavy atom. The van der Waals surface area contributed by atoms with Crippen LogP contribution in [0.1, 0.15) is 33.6 Å². The molecule has 1 N–H and O–H groups in total. The fourth-order valence-corrected chi connectivity index (χ4v) is 4.71. The Balaban J connectivity index is 1.95. The lowest BCUT2D eigenvalue weighted by atomic mass is 10.2. The van der Waals surface area contributed by atoms with E-state index in [1.807, 2.05) is 20.8 Å². The second kappa shape index (κ2) is 5.94. The molecular weight excluding hydrogens is 292 g/mol. The topological polar surface area (TPSA) is 83.6 Å². The molecular formula is C14H24N2O4S. The SMILES string of the molecule is CCN(C(=O)C1CC1C(=O)NC(C)C)C1CCS(=O)(=O)C1. The molecule has 2 rings (SSSR count). The normalized spacial score (nSPS) is 30.2. The molecule has 21 heavy (non-hydrogen) atoms. The highest BCUT2D eigenvalue weighted by atomic mass is 32.2. The van der Waals surface area contributed by atoms with Crippen molar-refractivity contribution in [2.75, 3.05) is 18.1 Å². The average molecular weight is 316 g/mol. The van der Waals surface area contributed by atoms with Crippen molar-refractivity contribution in [3.8, 4) is 0 Å². The molecule has 1 aliphatic carbocycles. The van der Waals surface area contributed by atoms with Crippen LogP contribution in [0.3, 0.4) is 0 Å². The highest BCUT2D eigenvalue weighted by Gasteiger charge is 2.50. The van der Waals surface area contributed by atoms with E-state index in [1.165, 1.54) is 0 Å². The van der Waals surface area contributed by atoms with Gasteiger partial charge in [0.1, 0.15) is 0 Å². The van der Waals surface area contributed by atoms with Crippen LogP contribution in [-0.2, 0) is 19.4 Å². The van der Waals surface area contributed by atoms with Gasteiger partial charge >= 0.3 is 0 Å². The number of nitrogens with zero attached hydrogens (tertiary/aromatic N) is 1. The van der Waals surface area contributed by atoms with E-state index in [0.29, 0.717) is 19.4 Å². The summed E-state index contributed by atoms with van der Waals surface area (Å²) in [6.07, 6.45) is 1.09. The maximum absolute atomic E-state index is 12.5. The second-order valence-electron chi connectivity index (χ2n) is 6.29. The highest BCUT2D eigenvalue weighted by Crippen LogP contribution is 2.41. The first kappa shape index (κ1) is 16.3. The van der Waals surface area contributed by atoms with Crippen LogP contribution in [0.2, 0.25) is 0 Å². The molecule has 1 heterocycles. The summed E-state index contributed by atoms with van der Waals surface area (Å²) in [5.74, 6) is -0.438. The molecule has 0 spiro atoms. The van der Waals surface area contributed by atoms with Crippen LogP contribution in [0.15, 0.2) is 0 Å². The minimum absolute atomic E-state index is 0.0577. The van der Waals surface area contributed by atoms with E-state index in [2.05, 4.69) is 5.32 Å². The second-order valence-corrected chi connectivity index (χ2v) is 8.52. The maximum atomic E-state index is 12.5. The first-order chi connectivity index (χ1) is 9.75. The molecule has 2 amide bonds. The molecule has 6 nitrogen and oxygen atoms in total. The molecule has 0 aromatic carbocycles. The average Bonchev–Trinajstić information content (AvgIpc) is 3.09. The number of carbonyl (C=O) groups is 2. The van der Waals surface area contributed by atoms with Crippen molar-refractivity contribution in [3.05, 3.63) is 0 Å². The van der Waals surface area contributed by atoms with Crippen LogP contribution >= 0.6 is 0 Å². The van der Waals surface area contributed by atoms with Crippen LogP contribution in [-0.4, -0.2) is 55.3 Å². The summed E-state index contributed by atoms with van der Waals surface area (Å²) in [5, 5.41) is 2.82. The van der Waals surface area contributed by atoms with E-state index in [9.17, 15) is 18.0 Å². The molecule has 0 radical (unpaired) electrons. The fourth-order valence-electron chi connectivity index (χ4n) is 2.98. The highest BCUT2D eigenvalue weighted by molar-refractivity contribution is 7.91. The smallest absolute Gasteiger partial charge is 0.226 e.